The van der Waals surface area contributed by atoms with Gasteiger partial charge in [-0.3, -0.25) is 19.4 Å². The Morgan fingerprint density at radius 3 is 2.60 bits per heavy atom. The molecule has 0 spiro atoms. The highest BCUT2D eigenvalue weighted by Crippen LogP contribution is 2.35. The van der Waals surface area contributed by atoms with Gasteiger partial charge in [0.2, 0.25) is 5.91 Å². The van der Waals surface area contributed by atoms with Gasteiger partial charge in [-0.25, -0.2) is 14.8 Å². The average molecular weight is 349 g/mol. The molecule has 0 saturated carbocycles. The number of anilines is 1. The number of aromatic nitrogens is 3. The van der Waals surface area contributed by atoms with E-state index in [0.29, 0.717) is 5.65 Å². The lowest BCUT2D eigenvalue weighted by Crippen LogP contribution is -2.28. The summed E-state index contributed by atoms with van der Waals surface area (Å²) in [4.78, 5) is 32.6. The monoisotopic (exact) mass is 349 g/mol. The van der Waals surface area contributed by atoms with Crippen molar-refractivity contribution in [1.82, 2.24) is 19.7 Å². The first kappa shape index (κ1) is 15.4. The number of imide groups is 1. The number of nitrogens with one attached hydrogen (secondary N) is 1. The van der Waals surface area contributed by atoms with E-state index in [1.165, 1.54) is 29.7 Å². The number of fused-ring (bicyclic) bond motifs is 3. The van der Waals surface area contributed by atoms with Gasteiger partial charge in [0.05, 0.1) is 11.8 Å². The largest absolute Gasteiger partial charge is 0.417 e. The molecule has 0 unspecified atom stereocenters. The number of aryl methyl sites for hydroxylation is 1. The van der Waals surface area contributed by atoms with Crippen LogP contribution in [0.4, 0.5) is 23.8 Å². The maximum Gasteiger partial charge on any atom is 0.417 e. The molecule has 0 aromatic carbocycles. The number of halogens is 3. The predicted octanol–water partition coefficient (Wildman–Crippen LogP) is 2.27. The van der Waals surface area contributed by atoms with Crippen LogP contribution in [0.2, 0.25) is 0 Å². The number of alkyl halides is 3. The van der Waals surface area contributed by atoms with Crippen molar-refractivity contribution in [3.05, 3.63) is 35.7 Å². The molecular weight excluding hydrogens is 339 g/mol. The van der Waals surface area contributed by atoms with Crippen molar-refractivity contribution in [2.75, 3.05) is 11.4 Å². The van der Waals surface area contributed by atoms with Gasteiger partial charge >= 0.3 is 12.2 Å². The highest BCUT2D eigenvalue weighted by atomic mass is 19.4. The van der Waals surface area contributed by atoms with Gasteiger partial charge in [0.15, 0.2) is 5.82 Å². The van der Waals surface area contributed by atoms with E-state index < -0.39 is 23.7 Å². The summed E-state index contributed by atoms with van der Waals surface area (Å²) in [5.41, 5.74) is -0.187. The molecular formula is C15H10F3N5O2. The standard InChI is InChI=1S/C15H10F3N5O2/c1-7-4-9(15(16,17)18)8-2-3-10-20-11(5-22(10)13(8)19-7)23-6-12(24)21-14(23)25/h2-5H,6H2,1H3,(H,21,24,25). The quantitative estimate of drug-likeness (QED) is 0.684. The Hall–Kier alpha value is -3.17. The average Bonchev–Trinajstić information content (AvgIpc) is 3.08. The summed E-state index contributed by atoms with van der Waals surface area (Å²) in [7, 11) is 0. The van der Waals surface area contributed by atoms with Crippen LogP contribution in [-0.4, -0.2) is 32.9 Å². The van der Waals surface area contributed by atoms with Crippen LogP contribution in [0.15, 0.2) is 24.4 Å². The van der Waals surface area contributed by atoms with E-state index in [4.69, 9.17) is 0 Å². The maximum atomic E-state index is 13.3. The molecule has 1 saturated heterocycles. The number of nitrogens with zero attached hydrogens (tertiary/aromatic N) is 4. The van der Waals surface area contributed by atoms with E-state index >= 15 is 0 Å². The molecule has 1 aliphatic rings. The minimum atomic E-state index is -4.52. The van der Waals surface area contributed by atoms with Gasteiger partial charge in [-0.2, -0.15) is 13.2 Å². The van der Waals surface area contributed by atoms with E-state index in [1.807, 2.05) is 0 Å². The zero-order valence-corrected chi connectivity index (χ0v) is 12.8. The topological polar surface area (TPSA) is 79.6 Å². The van der Waals surface area contributed by atoms with E-state index in [2.05, 4.69) is 15.3 Å². The lowest BCUT2D eigenvalue weighted by atomic mass is 10.1. The normalized spacial score (nSPS) is 15.4. The van der Waals surface area contributed by atoms with Crippen molar-refractivity contribution in [3.63, 3.8) is 0 Å². The fourth-order valence-electron chi connectivity index (χ4n) is 2.83. The fourth-order valence-corrected chi connectivity index (χ4v) is 2.83. The van der Waals surface area contributed by atoms with Crippen molar-refractivity contribution < 1.29 is 22.8 Å². The van der Waals surface area contributed by atoms with Gasteiger partial charge in [0.25, 0.3) is 0 Å². The van der Waals surface area contributed by atoms with Crippen LogP contribution in [0.25, 0.3) is 16.7 Å². The second-order valence-corrected chi connectivity index (χ2v) is 5.65. The molecule has 0 atom stereocenters. The number of rotatable bonds is 1. The van der Waals surface area contributed by atoms with Crippen LogP contribution >= 0.6 is 0 Å². The SMILES string of the molecule is Cc1cc(C(F)(F)F)c2ccc3nc(N4CC(=O)NC4=O)cn3c2n1. The highest BCUT2D eigenvalue weighted by molar-refractivity contribution is 6.11. The third-order valence-corrected chi connectivity index (χ3v) is 3.89. The molecule has 0 bridgehead atoms. The molecule has 3 aromatic rings. The lowest BCUT2D eigenvalue weighted by molar-refractivity contribution is -0.136. The first-order chi connectivity index (χ1) is 11.7. The third kappa shape index (κ3) is 2.37. The van der Waals surface area contributed by atoms with Gasteiger partial charge in [0, 0.05) is 11.1 Å². The van der Waals surface area contributed by atoms with Gasteiger partial charge in [-0.1, -0.05) is 0 Å². The Morgan fingerprint density at radius 2 is 1.96 bits per heavy atom. The number of hydrogen-bond acceptors (Lipinski definition) is 4. The van der Waals surface area contributed by atoms with Crippen LogP contribution < -0.4 is 10.2 Å². The minimum absolute atomic E-state index is 0.0727. The van der Waals surface area contributed by atoms with Crippen LogP contribution in [-0.2, 0) is 11.0 Å². The maximum absolute atomic E-state index is 13.3. The summed E-state index contributed by atoms with van der Waals surface area (Å²) in [5.74, 6) is -0.312. The minimum Gasteiger partial charge on any atom is -0.282 e. The van der Waals surface area contributed by atoms with Crippen LogP contribution in [0, 0.1) is 6.92 Å². The second kappa shape index (κ2) is 4.91. The van der Waals surface area contributed by atoms with Gasteiger partial charge in [-0.05, 0) is 25.1 Å². The molecule has 3 aromatic heterocycles. The Labute approximate surface area is 138 Å². The molecule has 0 aliphatic carbocycles. The Kier molecular flexibility index (Phi) is 3.02. The molecule has 1 aliphatic heterocycles. The Morgan fingerprint density at radius 1 is 1.20 bits per heavy atom. The molecule has 0 radical (unpaired) electrons. The van der Waals surface area contributed by atoms with Crippen LogP contribution in [0.1, 0.15) is 11.3 Å². The third-order valence-electron chi connectivity index (χ3n) is 3.89. The summed E-state index contributed by atoms with van der Waals surface area (Å²) in [6.07, 6.45) is -3.13. The molecule has 1 fully saturated rings. The second-order valence-electron chi connectivity index (χ2n) is 5.65. The van der Waals surface area contributed by atoms with Gasteiger partial charge in [-0.15, -0.1) is 0 Å². The lowest BCUT2D eigenvalue weighted by Gasteiger charge is -2.12. The number of carbonyl (C=O) groups excluding carboxylic acids is 2. The molecule has 7 nitrogen and oxygen atoms in total. The first-order valence-corrected chi connectivity index (χ1v) is 7.22. The summed E-state index contributed by atoms with van der Waals surface area (Å²) < 4.78 is 41.3. The molecule has 4 rings (SSSR count). The summed E-state index contributed by atoms with van der Waals surface area (Å²) in [6.45, 7) is 1.28. The summed E-state index contributed by atoms with van der Waals surface area (Å²) in [6, 6.07) is 3.07. The number of hydrogen-bond donors (Lipinski definition) is 1. The Bertz CT molecular complexity index is 1060. The molecule has 1 N–H and O–H groups in total. The van der Waals surface area contributed by atoms with E-state index in [0.717, 1.165) is 11.0 Å². The van der Waals surface area contributed by atoms with Crippen molar-refractivity contribution in [2.45, 2.75) is 13.1 Å². The van der Waals surface area contributed by atoms with Crippen molar-refractivity contribution in [1.29, 1.82) is 0 Å². The summed E-state index contributed by atoms with van der Waals surface area (Å²) >= 11 is 0. The van der Waals surface area contributed by atoms with Crippen molar-refractivity contribution in [3.8, 4) is 0 Å². The van der Waals surface area contributed by atoms with Crippen molar-refractivity contribution in [2.24, 2.45) is 0 Å². The Balaban J connectivity index is 1.97. The number of pyridine rings is 2. The van der Waals surface area contributed by atoms with E-state index in [1.54, 1.807) is 0 Å². The van der Waals surface area contributed by atoms with Crippen molar-refractivity contribution >= 4 is 34.4 Å². The predicted molar refractivity (Wildman–Crippen MR) is 81.1 cm³/mol. The first-order valence-electron chi connectivity index (χ1n) is 7.22. The van der Waals surface area contributed by atoms with Crippen LogP contribution in [0.3, 0.4) is 0 Å². The molecule has 10 heteroatoms. The number of urea groups is 1. The molecule has 25 heavy (non-hydrogen) atoms. The van der Waals surface area contributed by atoms with E-state index in [-0.39, 0.29) is 29.1 Å². The number of amides is 3. The zero-order chi connectivity index (χ0) is 17.9. The van der Waals surface area contributed by atoms with E-state index in [9.17, 15) is 22.8 Å². The summed E-state index contributed by atoms with van der Waals surface area (Å²) in [5, 5.41) is 2.05. The molecule has 3 amide bonds. The van der Waals surface area contributed by atoms with Crippen LogP contribution in [0.5, 0.6) is 0 Å². The van der Waals surface area contributed by atoms with Gasteiger partial charge in [0.1, 0.15) is 17.8 Å². The molecule has 4 heterocycles. The molecule has 128 valence electrons. The number of carbonyl (C=O) groups is 2. The highest BCUT2D eigenvalue weighted by Gasteiger charge is 2.34. The zero-order valence-electron chi connectivity index (χ0n) is 12.8. The smallest absolute Gasteiger partial charge is 0.282 e. The fraction of sp³-hybridized carbons (Fsp3) is 0.200. The van der Waals surface area contributed by atoms with Gasteiger partial charge < -0.3 is 0 Å². The number of imidazole rings is 1.